The normalized spacial score (nSPS) is 16.0. The first-order chi connectivity index (χ1) is 10.2. The molecule has 0 bridgehead atoms. The van der Waals surface area contributed by atoms with E-state index in [1.54, 1.807) is 0 Å². The van der Waals surface area contributed by atoms with E-state index in [1.165, 1.54) is 44.2 Å². The number of hydrogen-bond acceptors (Lipinski definition) is 3. The molecule has 1 fully saturated rings. The van der Waals surface area contributed by atoms with Crippen LogP contribution in [-0.4, -0.2) is 29.0 Å². The van der Waals surface area contributed by atoms with Crippen LogP contribution in [0.4, 0.5) is 5.82 Å². The number of nitrogens with zero attached hydrogens (tertiary/aromatic N) is 2. The fourth-order valence-corrected chi connectivity index (χ4v) is 3.12. The number of hydrogen-bond donors (Lipinski definition) is 1. The van der Waals surface area contributed by atoms with Gasteiger partial charge in [-0.25, -0.2) is 4.98 Å². The summed E-state index contributed by atoms with van der Waals surface area (Å²) in [5.74, 6) is 1.76. The Morgan fingerprint density at radius 1 is 1.29 bits per heavy atom. The molecule has 1 heterocycles. The van der Waals surface area contributed by atoms with E-state index in [0.717, 1.165) is 30.9 Å². The Morgan fingerprint density at radius 2 is 2.05 bits per heavy atom. The standard InChI is InChI=1S/C18H31N3/c1-4-19-18-10-9-16(13-20-18)14-21(12-11-15(2)3)17-7-5-6-8-17/h9-10,13,15,17H,4-8,11-12,14H2,1-3H3,(H,19,20). The van der Waals surface area contributed by atoms with Crippen LogP contribution in [0.3, 0.4) is 0 Å². The SMILES string of the molecule is CCNc1ccc(CN(CCC(C)C)C2CCCC2)cn1. The van der Waals surface area contributed by atoms with Crippen molar-refractivity contribution in [1.29, 1.82) is 0 Å². The van der Waals surface area contributed by atoms with Gasteiger partial charge in [-0.2, -0.15) is 0 Å². The maximum Gasteiger partial charge on any atom is 0.125 e. The summed E-state index contributed by atoms with van der Waals surface area (Å²) in [5.41, 5.74) is 1.34. The van der Waals surface area contributed by atoms with Crippen molar-refractivity contribution in [2.24, 2.45) is 5.92 Å². The summed E-state index contributed by atoms with van der Waals surface area (Å²) >= 11 is 0. The van der Waals surface area contributed by atoms with Crippen molar-refractivity contribution in [1.82, 2.24) is 9.88 Å². The van der Waals surface area contributed by atoms with Crippen LogP contribution in [0.5, 0.6) is 0 Å². The minimum Gasteiger partial charge on any atom is -0.370 e. The van der Waals surface area contributed by atoms with E-state index in [0.29, 0.717) is 0 Å². The zero-order valence-electron chi connectivity index (χ0n) is 13.9. The third-order valence-corrected chi connectivity index (χ3v) is 4.40. The highest BCUT2D eigenvalue weighted by molar-refractivity contribution is 5.35. The molecule has 118 valence electrons. The molecule has 1 aliphatic carbocycles. The summed E-state index contributed by atoms with van der Waals surface area (Å²) < 4.78 is 0. The van der Waals surface area contributed by atoms with Crippen molar-refractivity contribution in [3.05, 3.63) is 23.9 Å². The van der Waals surface area contributed by atoms with Crippen molar-refractivity contribution in [2.75, 3.05) is 18.4 Å². The van der Waals surface area contributed by atoms with Gasteiger partial charge in [0.25, 0.3) is 0 Å². The molecule has 0 aliphatic heterocycles. The molecule has 0 amide bonds. The molecule has 1 saturated carbocycles. The first-order valence-electron chi connectivity index (χ1n) is 8.62. The second-order valence-corrected chi connectivity index (χ2v) is 6.67. The van der Waals surface area contributed by atoms with Crippen LogP contribution >= 0.6 is 0 Å². The molecule has 0 saturated heterocycles. The molecule has 1 aliphatic rings. The molecule has 0 atom stereocenters. The topological polar surface area (TPSA) is 28.2 Å². The number of nitrogens with one attached hydrogen (secondary N) is 1. The molecule has 0 unspecified atom stereocenters. The van der Waals surface area contributed by atoms with Crippen LogP contribution in [0.25, 0.3) is 0 Å². The van der Waals surface area contributed by atoms with Gasteiger partial charge >= 0.3 is 0 Å². The van der Waals surface area contributed by atoms with E-state index in [1.807, 2.05) is 6.20 Å². The van der Waals surface area contributed by atoms with Crippen molar-refractivity contribution >= 4 is 5.82 Å². The molecule has 3 nitrogen and oxygen atoms in total. The van der Waals surface area contributed by atoms with Crippen molar-refractivity contribution < 1.29 is 0 Å². The van der Waals surface area contributed by atoms with Gasteiger partial charge in [0, 0.05) is 25.3 Å². The number of rotatable bonds is 8. The molecule has 0 aromatic carbocycles. The maximum atomic E-state index is 4.51. The number of anilines is 1. The summed E-state index contributed by atoms with van der Waals surface area (Å²) in [6.07, 6.45) is 8.89. The minimum atomic E-state index is 0.781. The Bertz CT molecular complexity index is 393. The van der Waals surface area contributed by atoms with Gasteiger partial charge < -0.3 is 5.32 Å². The third kappa shape index (κ3) is 5.31. The van der Waals surface area contributed by atoms with Crippen molar-refractivity contribution in [3.63, 3.8) is 0 Å². The molecule has 1 aromatic rings. The van der Waals surface area contributed by atoms with Crippen LogP contribution < -0.4 is 5.32 Å². The van der Waals surface area contributed by atoms with Crippen LogP contribution in [0, 0.1) is 5.92 Å². The lowest BCUT2D eigenvalue weighted by Crippen LogP contribution is -2.34. The zero-order chi connectivity index (χ0) is 15.1. The Hall–Kier alpha value is -1.09. The lowest BCUT2D eigenvalue weighted by atomic mass is 10.1. The highest BCUT2D eigenvalue weighted by Crippen LogP contribution is 2.25. The van der Waals surface area contributed by atoms with E-state index in [-0.39, 0.29) is 0 Å². The molecular formula is C18H31N3. The zero-order valence-corrected chi connectivity index (χ0v) is 13.9. The first kappa shape index (κ1) is 16.3. The van der Waals surface area contributed by atoms with Gasteiger partial charge in [0.2, 0.25) is 0 Å². The summed E-state index contributed by atoms with van der Waals surface area (Å²) in [5, 5.41) is 3.26. The van der Waals surface area contributed by atoms with Gasteiger partial charge in [-0.3, -0.25) is 4.90 Å². The quantitative estimate of drug-likeness (QED) is 0.773. The highest BCUT2D eigenvalue weighted by Gasteiger charge is 2.22. The fraction of sp³-hybridized carbons (Fsp3) is 0.722. The van der Waals surface area contributed by atoms with E-state index >= 15 is 0 Å². The van der Waals surface area contributed by atoms with Gasteiger partial charge in [0.1, 0.15) is 5.82 Å². The molecule has 2 rings (SSSR count). The molecular weight excluding hydrogens is 258 g/mol. The lowest BCUT2D eigenvalue weighted by Gasteiger charge is -2.29. The number of pyridine rings is 1. The molecule has 1 N–H and O–H groups in total. The van der Waals surface area contributed by atoms with Crippen LogP contribution in [-0.2, 0) is 6.54 Å². The third-order valence-electron chi connectivity index (χ3n) is 4.40. The Kier molecular flexibility index (Phi) is 6.50. The molecule has 0 radical (unpaired) electrons. The highest BCUT2D eigenvalue weighted by atomic mass is 15.2. The Labute approximate surface area is 130 Å². The predicted octanol–water partition coefficient (Wildman–Crippen LogP) is 4.30. The van der Waals surface area contributed by atoms with Gasteiger partial charge in [-0.15, -0.1) is 0 Å². The molecule has 3 heteroatoms. The van der Waals surface area contributed by atoms with E-state index in [9.17, 15) is 0 Å². The van der Waals surface area contributed by atoms with Crippen molar-refractivity contribution in [2.45, 2.75) is 65.5 Å². The maximum absolute atomic E-state index is 4.51. The summed E-state index contributed by atoms with van der Waals surface area (Å²) in [4.78, 5) is 7.20. The lowest BCUT2D eigenvalue weighted by molar-refractivity contribution is 0.179. The Balaban J connectivity index is 1.95. The number of aromatic nitrogens is 1. The van der Waals surface area contributed by atoms with Crippen LogP contribution in [0.1, 0.15) is 58.4 Å². The smallest absolute Gasteiger partial charge is 0.125 e. The first-order valence-corrected chi connectivity index (χ1v) is 8.62. The van der Waals surface area contributed by atoms with E-state index in [4.69, 9.17) is 0 Å². The van der Waals surface area contributed by atoms with Crippen LogP contribution in [0.15, 0.2) is 18.3 Å². The fourth-order valence-electron chi connectivity index (χ4n) is 3.12. The summed E-state index contributed by atoms with van der Waals surface area (Å²) in [6, 6.07) is 5.12. The van der Waals surface area contributed by atoms with Gasteiger partial charge in [0.15, 0.2) is 0 Å². The van der Waals surface area contributed by atoms with E-state index < -0.39 is 0 Å². The monoisotopic (exact) mass is 289 g/mol. The summed E-state index contributed by atoms with van der Waals surface area (Å²) in [7, 11) is 0. The van der Waals surface area contributed by atoms with Gasteiger partial charge in [-0.05, 0) is 50.3 Å². The summed E-state index contributed by atoms with van der Waals surface area (Å²) in [6.45, 7) is 9.94. The average molecular weight is 289 g/mol. The van der Waals surface area contributed by atoms with Crippen LogP contribution in [0.2, 0.25) is 0 Å². The minimum absolute atomic E-state index is 0.781. The average Bonchev–Trinajstić information content (AvgIpc) is 2.99. The molecule has 0 spiro atoms. The molecule has 1 aromatic heterocycles. The largest absolute Gasteiger partial charge is 0.370 e. The van der Waals surface area contributed by atoms with E-state index in [2.05, 4.69) is 48.1 Å². The van der Waals surface area contributed by atoms with Gasteiger partial charge in [-0.1, -0.05) is 32.8 Å². The second kappa shape index (κ2) is 8.38. The van der Waals surface area contributed by atoms with Gasteiger partial charge in [0.05, 0.1) is 0 Å². The van der Waals surface area contributed by atoms with Crippen molar-refractivity contribution in [3.8, 4) is 0 Å². The predicted molar refractivity (Wildman–Crippen MR) is 90.5 cm³/mol. The Morgan fingerprint density at radius 3 is 2.62 bits per heavy atom. The second-order valence-electron chi connectivity index (χ2n) is 6.67. The molecule has 21 heavy (non-hydrogen) atoms.